The van der Waals surface area contributed by atoms with Crippen LogP contribution in [0.2, 0.25) is 0 Å². The number of amides is 2. The van der Waals surface area contributed by atoms with Crippen LogP contribution in [0, 0.1) is 0 Å². The molecule has 2 amide bonds. The SMILES string of the molecule is CCN(CC)C(=O)CN(C)C(=O)C(CCSC)NS(=O)(=O)c1ccccc1. The van der Waals surface area contributed by atoms with Crippen LogP contribution in [-0.2, 0) is 19.6 Å². The lowest BCUT2D eigenvalue weighted by molar-refractivity contribution is -0.140. The largest absolute Gasteiger partial charge is 0.342 e. The van der Waals surface area contributed by atoms with Crippen LogP contribution in [-0.4, -0.2) is 74.8 Å². The number of carbonyl (C=O) groups is 2. The Morgan fingerprint density at radius 3 is 2.26 bits per heavy atom. The number of carbonyl (C=O) groups excluding carboxylic acids is 2. The molecule has 1 N–H and O–H groups in total. The van der Waals surface area contributed by atoms with Crippen molar-refractivity contribution in [2.45, 2.75) is 31.2 Å². The highest BCUT2D eigenvalue weighted by atomic mass is 32.2. The highest BCUT2D eigenvalue weighted by Gasteiger charge is 2.28. The second kappa shape index (κ2) is 11.3. The van der Waals surface area contributed by atoms with E-state index in [4.69, 9.17) is 0 Å². The fourth-order valence-corrected chi connectivity index (χ4v) is 4.26. The summed E-state index contributed by atoms with van der Waals surface area (Å²) in [5.74, 6) is 0.0420. The maximum absolute atomic E-state index is 12.8. The molecule has 0 aromatic heterocycles. The zero-order valence-corrected chi connectivity index (χ0v) is 18.0. The first kappa shape index (κ1) is 23.5. The molecule has 0 spiro atoms. The number of benzene rings is 1. The normalized spacial score (nSPS) is 12.4. The summed E-state index contributed by atoms with van der Waals surface area (Å²) >= 11 is 1.53. The monoisotopic (exact) mass is 415 g/mol. The fourth-order valence-electron chi connectivity index (χ4n) is 2.55. The van der Waals surface area contributed by atoms with Crippen LogP contribution in [0.1, 0.15) is 20.3 Å². The minimum atomic E-state index is -3.82. The molecule has 0 aliphatic heterocycles. The van der Waals surface area contributed by atoms with Crippen molar-refractivity contribution >= 4 is 33.6 Å². The van der Waals surface area contributed by atoms with E-state index in [1.807, 2.05) is 20.1 Å². The predicted octanol–water partition coefficient (Wildman–Crippen LogP) is 1.41. The maximum atomic E-state index is 12.8. The molecule has 0 heterocycles. The van der Waals surface area contributed by atoms with Gasteiger partial charge in [-0.2, -0.15) is 16.5 Å². The van der Waals surface area contributed by atoms with Gasteiger partial charge in [-0.3, -0.25) is 9.59 Å². The average Bonchev–Trinajstić information content (AvgIpc) is 2.66. The number of nitrogens with one attached hydrogen (secondary N) is 1. The number of hydrogen-bond acceptors (Lipinski definition) is 5. The van der Waals surface area contributed by atoms with Gasteiger partial charge in [0.2, 0.25) is 21.8 Å². The number of thioether (sulfide) groups is 1. The van der Waals surface area contributed by atoms with Crippen molar-refractivity contribution in [3.05, 3.63) is 30.3 Å². The van der Waals surface area contributed by atoms with E-state index in [1.54, 1.807) is 23.1 Å². The van der Waals surface area contributed by atoms with Crippen LogP contribution in [0.3, 0.4) is 0 Å². The molecule has 0 saturated carbocycles. The smallest absolute Gasteiger partial charge is 0.242 e. The zero-order valence-electron chi connectivity index (χ0n) is 16.3. The minimum absolute atomic E-state index is 0.0800. The summed E-state index contributed by atoms with van der Waals surface area (Å²) in [4.78, 5) is 28.1. The Labute approximate surface area is 166 Å². The van der Waals surface area contributed by atoms with Crippen molar-refractivity contribution in [3.8, 4) is 0 Å². The Hall–Kier alpha value is -1.58. The van der Waals surface area contributed by atoms with Crippen LogP contribution >= 0.6 is 11.8 Å². The van der Waals surface area contributed by atoms with Crippen LogP contribution in [0.25, 0.3) is 0 Å². The van der Waals surface area contributed by atoms with E-state index in [0.717, 1.165) is 0 Å². The lowest BCUT2D eigenvalue weighted by Crippen LogP contribution is -2.50. The zero-order chi connectivity index (χ0) is 20.4. The van der Waals surface area contributed by atoms with Crippen LogP contribution in [0.15, 0.2) is 35.2 Å². The van der Waals surface area contributed by atoms with E-state index in [-0.39, 0.29) is 17.3 Å². The molecule has 1 aromatic rings. The number of sulfonamides is 1. The third-order valence-corrected chi connectivity index (χ3v) is 6.26. The van der Waals surface area contributed by atoms with Gasteiger partial charge in [0.05, 0.1) is 11.4 Å². The van der Waals surface area contributed by atoms with Crippen molar-refractivity contribution < 1.29 is 18.0 Å². The number of hydrogen-bond donors (Lipinski definition) is 1. The summed E-state index contributed by atoms with van der Waals surface area (Å²) in [6, 6.07) is 7.02. The Kier molecular flexibility index (Phi) is 9.82. The first-order valence-corrected chi connectivity index (χ1v) is 11.7. The van der Waals surface area contributed by atoms with E-state index in [0.29, 0.717) is 25.3 Å². The summed E-state index contributed by atoms with van der Waals surface area (Å²) in [7, 11) is -2.30. The lowest BCUT2D eigenvalue weighted by atomic mass is 10.2. The molecule has 0 aliphatic rings. The van der Waals surface area contributed by atoms with Gasteiger partial charge in [-0.15, -0.1) is 0 Å². The topological polar surface area (TPSA) is 86.8 Å². The second-order valence-electron chi connectivity index (χ2n) is 6.03. The molecule has 0 aliphatic carbocycles. The standard InChI is InChI=1S/C18H29N3O4S2/c1-5-21(6-2)17(22)14-20(3)18(23)16(12-13-26-4)19-27(24,25)15-10-8-7-9-11-15/h7-11,16,19H,5-6,12-14H2,1-4H3. The summed E-state index contributed by atoms with van der Waals surface area (Å²) < 4.78 is 27.7. The Morgan fingerprint density at radius 2 is 1.74 bits per heavy atom. The minimum Gasteiger partial charge on any atom is -0.342 e. The molecule has 0 bridgehead atoms. The maximum Gasteiger partial charge on any atom is 0.242 e. The van der Waals surface area contributed by atoms with Gasteiger partial charge in [0.15, 0.2) is 0 Å². The highest BCUT2D eigenvalue weighted by molar-refractivity contribution is 7.98. The van der Waals surface area contributed by atoms with Crippen molar-refractivity contribution in [3.63, 3.8) is 0 Å². The van der Waals surface area contributed by atoms with E-state index in [2.05, 4.69) is 4.72 Å². The Morgan fingerprint density at radius 1 is 1.15 bits per heavy atom. The third-order valence-electron chi connectivity index (χ3n) is 4.12. The molecular weight excluding hydrogens is 386 g/mol. The van der Waals surface area contributed by atoms with Gasteiger partial charge in [0.1, 0.15) is 6.04 Å². The van der Waals surface area contributed by atoms with E-state index in [9.17, 15) is 18.0 Å². The molecule has 9 heteroatoms. The lowest BCUT2D eigenvalue weighted by Gasteiger charge is -2.26. The quantitative estimate of drug-likeness (QED) is 0.591. The molecule has 0 fully saturated rings. The second-order valence-corrected chi connectivity index (χ2v) is 8.73. The van der Waals surface area contributed by atoms with Gasteiger partial charge >= 0.3 is 0 Å². The molecule has 0 radical (unpaired) electrons. The van der Waals surface area contributed by atoms with Gasteiger partial charge < -0.3 is 9.80 Å². The van der Waals surface area contributed by atoms with Crippen LogP contribution in [0.4, 0.5) is 0 Å². The van der Waals surface area contributed by atoms with E-state index in [1.165, 1.54) is 35.8 Å². The number of rotatable bonds is 11. The van der Waals surface area contributed by atoms with Gasteiger partial charge in [-0.05, 0) is 44.4 Å². The molecule has 7 nitrogen and oxygen atoms in total. The molecule has 1 aromatic carbocycles. The van der Waals surface area contributed by atoms with Gasteiger partial charge in [-0.1, -0.05) is 18.2 Å². The van der Waals surface area contributed by atoms with Crippen molar-refractivity contribution in [2.75, 3.05) is 38.7 Å². The average molecular weight is 416 g/mol. The van der Waals surface area contributed by atoms with Gasteiger partial charge in [-0.25, -0.2) is 8.42 Å². The Bertz CT molecular complexity index is 707. The summed E-state index contributed by atoms with van der Waals surface area (Å²) in [6.45, 7) is 4.79. The molecule has 27 heavy (non-hydrogen) atoms. The molecule has 1 unspecified atom stereocenters. The molecule has 152 valence electrons. The number of likely N-dealkylation sites (N-methyl/N-ethyl adjacent to an activating group) is 2. The summed E-state index contributed by atoms with van der Waals surface area (Å²) in [5, 5.41) is 0. The molecular formula is C18H29N3O4S2. The first-order chi connectivity index (χ1) is 12.8. The summed E-state index contributed by atoms with van der Waals surface area (Å²) in [6.07, 6.45) is 2.23. The van der Waals surface area contributed by atoms with Gasteiger partial charge in [0, 0.05) is 20.1 Å². The molecule has 1 rings (SSSR count). The van der Waals surface area contributed by atoms with Crippen molar-refractivity contribution in [1.29, 1.82) is 0 Å². The van der Waals surface area contributed by atoms with E-state index < -0.39 is 22.0 Å². The van der Waals surface area contributed by atoms with E-state index >= 15 is 0 Å². The van der Waals surface area contributed by atoms with Gasteiger partial charge in [0.25, 0.3) is 0 Å². The molecule has 1 atom stereocenters. The highest BCUT2D eigenvalue weighted by Crippen LogP contribution is 2.12. The predicted molar refractivity (Wildman–Crippen MR) is 109 cm³/mol. The van der Waals surface area contributed by atoms with Crippen molar-refractivity contribution in [2.24, 2.45) is 0 Å². The fraction of sp³-hybridized carbons (Fsp3) is 0.556. The molecule has 0 saturated heterocycles. The van der Waals surface area contributed by atoms with Crippen LogP contribution < -0.4 is 4.72 Å². The Balaban J connectivity index is 2.92. The summed E-state index contributed by atoms with van der Waals surface area (Å²) in [5.41, 5.74) is 0. The third kappa shape index (κ3) is 7.15. The van der Waals surface area contributed by atoms with Crippen LogP contribution in [0.5, 0.6) is 0 Å². The number of nitrogens with zero attached hydrogens (tertiary/aromatic N) is 2. The first-order valence-electron chi connectivity index (χ1n) is 8.85. The van der Waals surface area contributed by atoms with Crippen molar-refractivity contribution in [1.82, 2.24) is 14.5 Å².